The zero-order chi connectivity index (χ0) is 18.1. The van der Waals surface area contributed by atoms with Crippen molar-refractivity contribution in [1.29, 1.82) is 0 Å². The van der Waals surface area contributed by atoms with Crippen molar-refractivity contribution in [3.8, 4) is 11.3 Å². The first-order chi connectivity index (χ1) is 12.0. The molecule has 0 saturated heterocycles. The highest BCUT2D eigenvalue weighted by atomic mass is 19.1. The molecule has 0 spiro atoms. The predicted molar refractivity (Wildman–Crippen MR) is 89.0 cm³/mol. The zero-order valence-corrected chi connectivity index (χ0v) is 13.5. The number of pyridine rings is 1. The molecule has 0 aliphatic heterocycles. The maximum absolute atomic E-state index is 13.2. The van der Waals surface area contributed by atoms with Crippen molar-refractivity contribution in [2.24, 2.45) is 0 Å². The van der Waals surface area contributed by atoms with E-state index in [1.807, 2.05) is 0 Å². The molecule has 0 aliphatic rings. The number of benzene rings is 1. The number of halogens is 1. The van der Waals surface area contributed by atoms with Gasteiger partial charge in [0.1, 0.15) is 5.82 Å². The topological polar surface area (TPSA) is 94.1 Å². The average molecular weight is 343 g/mol. The Morgan fingerprint density at radius 1 is 1.28 bits per heavy atom. The van der Waals surface area contributed by atoms with Gasteiger partial charge in [-0.1, -0.05) is 0 Å². The highest BCUT2D eigenvalue weighted by molar-refractivity contribution is 6.03. The largest absolute Gasteiger partial charge is 0.465 e. The maximum atomic E-state index is 13.2. The molecular formula is C17H14FN3O4. The van der Waals surface area contributed by atoms with Crippen molar-refractivity contribution in [2.45, 2.75) is 13.5 Å². The van der Waals surface area contributed by atoms with Gasteiger partial charge in [0.15, 0.2) is 5.65 Å². The number of nitrogens with one attached hydrogen (secondary N) is 1. The summed E-state index contributed by atoms with van der Waals surface area (Å²) in [5.41, 5.74) is -0.444. The van der Waals surface area contributed by atoms with Crippen molar-refractivity contribution in [1.82, 2.24) is 14.5 Å². The fourth-order valence-corrected chi connectivity index (χ4v) is 2.61. The molecule has 25 heavy (non-hydrogen) atoms. The number of aromatic amines is 1. The first-order valence-electron chi connectivity index (χ1n) is 7.48. The lowest BCUT2D eigenvalue weighted by atomic mass is 10.1. The Balaban J connectivity index is 2.45. The number of H-pyrrole nitrogens is 1. The van der Waals surface area contributed by atoms with Gasteiger partial charge in [0.05, 0.1) is 23.8 Å². The molecule has 0 radical (unpaired) electrons. The SMILES string of the molecule is CCn1c(=O)[nH]c(=O)c2c(C(=O)OC)cc(-c3ccc(F)cc3)nc21. The van der Waals surface area contributed by atoms with Crippen LogP contribution in [-0.2, 0) is 11.3 Å². The molecule has 0 fully saturated rings. The van der Waals surface area contributed by atoms with Gasteiger partial charge in [-0.15, -0.1) is 0 Å². The number of carbonyl (C=O) groups excluding carboxylic acids is 1. The van der Waals surface area contributed by atoms with Crippen LogP contribution in [0.3, 0.4) is 0 Å². The third-order valence-electron chi connectivity index (χ3n) is 3.81. The van der Waals surface area contributed by atoms with Crippen LogP contribution in [0.2, 0.25) is 0 Å². The van der Waals surface area contributed by atoms with Gasteiger partial charge in [0, 0.05) is 12.1 Å². The first-order valence-corrected chi connectivity index (χ1v) is 7.48. The number of hydrogen-bond acceptors (Lipinski definition) is 5. The summed E-state index contributed by atoms with van der Waals surface area (Å²) in [7, 11) is 1.19. The van der Waals surface area contributed by atoms with E-state index in [0.717, 1.165) is 0 Å². The summed E-state index contributed by atoms with van der Waals surface area (Å²) in [4.78, 5) is 42.9. The molecule has 0 unspecified atom stereocenters. The quantitative estimate of drug-likeness (QED) is 0.731. The molecule has 0 saturated carbocycles. The normalized spacial score (nSPS) is 10.8. The van der Waals surface area contributed by atoms with Gasteiger partial charge in [0.2, 0.25) is 0 Å². The number of aryl methyl sites for hydroxylation is 1. The highest BCUT2D eigenvalue weighted by Gasteiger charge is 2.20. The molecule has 2 heterocycles. The Morgan fingerprint density at radius 3 is 2.56 bits per heavy atom. The van der Waals surface area contributed by atoms with E-state index in [0.29, 0.717) is 11.3 Å². The third-order valence-corrected chi connectivity index (χ3v) is 3.81. The number of esters is 1. The van der Waals surface area contributed by atoms with Gasteiger partial charge >= 0.3 is 11.7 Å². The number of fused-ring (bicyclic) bond motifs is 1. The number of rotatable bonds is 3. The van der Waals surface area contributed by atoms with E-state index in [1.165, 1.54) is 42.0 Å². The lowest BCUT2D eigenvalue weighted by Crippen LogP contribution is -2.31. The molecule has 0 aliphatic carbocycles. The van der Waals surface area contributed by atoms with E-state index >= 15 is 0 Å². The van der Waals surface area contributed by atoms with Gasteiger partial charge in [-0.3, -0.25) is 14.3 Å². The third kappa shape index (κ3) is 2.82. The Hall–Kier alpha value is -3.29. The fourth-order valence-electron chi connectivity index (χ4n) is 2.61. The van der Waals surface area contributed by atoms with E-state index in [4.69, 9.17) is 4.74 Å². The van der Waals surface area contributed by atoms with E-state index < -0.39 is 23.0 Å². The van der Waals surface area contributed by atoms with Crippen molar-refractivity contribution in [3.63, 3.8) is 0 Å². The lowest BCUT2D eigenvalue weighted by Gasteiger charge is -2.11. The minimum Gasteiger partial charge on any atom is -0.465 e. The standard InChI is InChI=1S/C17H14FN3O4/c1-3-21-14-13(15(22)20-17(21)24)11(16(23)25-2)8-12(19-14)9-4-6-10(18)7-5-9/h4-8H,3H2,1-2H3,(H,20,22,24). The van der Waals surface area contributed by atoms with Gasteiger partial charge in [-0.05, 0) is 37.3 Å². The smallest absolute Gasteiger partial charge is 0.338 e. The molecule has 1 N–H and O–H groups in total. The second-order valence-corrected chi connectivity index (χ2v) is 5.26. The summed E-state index contributed by atoms with van der Waals surface area (Å²) in [6, 6.07) is 6.88. The van der Waals surface area contributed by atoms with Crippen LogP contribution in [0.25, 0.3) is 22.3 Å². The van der Waals surface area contributed by atoms with Crippen LogP contribution in [-0.4, -0.2) is 27.6 Å². The van der Waals surface area contributed by atoms with Crippen molar-refractivity contribution in [2.75, 3.05) is 7.11 Å². The summed E-state index contributed by atoms with van der Waals surface area (Å²) < 4.78 is 19.1. The van der Waals surface area contributed by atoms with E-state index in [-0.39, 0.29) is 23.1 Å². The molecule has 3 aromatic rings. The number of methoxy groups -OCH3 is 1. The maximum Gasteiger partial charge on any atom is 0.338 e. The van der Waals surface area contributed by atoms with E-state index in [2.05, 4.69) is 9.97 Å². The molecule has 7 nitrogen and oxygen atoms in total. The first kappa shape index (κ1) is 16.6. The van der Waals surface area contributed by atoms with Crippen LogP contribution < -0.4 is 11.2 Å². The van der Waals surface area contributed by atoms with Gasteiger partial charge in [-0.25, -0.2) is 19.0 Å². The van der Waals surface area contributed by atoms with E-state index in [1.54, 1.807) is 6.92 Å². The summed E-state index contributed by atoms with van der Waals surface area (Å²) in [5, 5.41) is -0.0286. The minimum absolute atomic E-state index is 0.0183. The molecule has 2 aromatic heterocycles. The second kappa shape index (κ2) is 6.31. The van der Waals surface area contributed by atoms with Gasteiger partial charge in [-0.2, -0.15) is 0 Å². The Morgan fingerprint density at radius 2 is 1.96 bits per heavy atom. The number of aromatic nitrogens is 3. The van der Waals surface area contributed by atoms with Crippen LogP contribution in [0.15, 0.2) is 39.9 Å². The summed E-state index contributed by atoms with van der Waals surface area (Å²) in [5.74, 6) is -1.15. The molecule has 1 aromatic carbocycles. The molecule has 128 valence electrons. The van der Waals surface area contributed by atoms with Crippen LogP contribution in [0.5, 0.6) is 0 Å². The number of carbonyl (C=O) groups is 1. The highest BCUT2D eigenvalue weighted by Crippen LogP contribution is 2.23. The molecular weight excluding hydrogens is 329 g/mol. The lowest BCUT2D eigenvalue weighted by molar-refractivity contribution is 0.0603. The van der Waals surface area contributed by atoms with Crippen molar-refractivity contribution in [3.05, 3.63) is 62.6 Å². The minimum atomic E-state index is -0.734. The second-order valence-electron chi connectivity index (χ2n) is 5.26. The molecule has 0 atom stereocenters. The molecule has 8 heteroatoms. The average Bonchev–Trinajstić information content (AvgIpc) is 2.61. The fraction of sp³-hybridized carbons (Fsp3) is 0.176. The Kier molecular flexibility index (Phi) is 4.18. The van der Waals surface area contributed by atoms with Crippen LogP contribution >= 0.6 is 0 Å². The van der Waals surface area contributed by atoms with Crippen LogP contribution in [0.4, 0.5) is 4.39 Å². The monoisotopic (exact) mass is 343 g/mol. The van der Waals surface area contributed by atoms with Crippen LogP contribution in [0.1, 0.15) is 17.3 Å². The van der Waals surface area contributed by atoms with Crippen molar-refractivity contribution >= 4 is 17.0 Å². The Labute approximate surface area is 140 Å². The van der Waals surface area contributed by atoms with E-state index in [9.17, 15) is 18.8 Å². The molecule has 0 bridgehead atoms. The summed E-state index contributed by atoms with van der Waals surface area (Å²) >= 11 is 0. The predicted octanol–water partition coefficient (Wildman–Crippen LogP) is 1.70. The number of hydrogen-bond donors (Lipinski definition) is 1. The van der Waals surface area contributed by atoms with Crippen LogP contribution in [0, 0.1) is 5.82 Å². The summed E-state index contributed by atoms with van der Waals surface area (Å²) in [6.07, 6.45) is 0. The number of ether oxygens (including phenoxy) is 1. The number of nitrogens with zero attached hydrogens (tertiary/aromatic N) is 2. The summed E-state index contributed by atoms with van der Waals surface area (Å²) in [6.45, 7) is 1.95. The van der Waals surface area contributed by atoms with Gasteiger partial charge < -0.3 is 4.74 Å². The molecule has 3 rings (SSSR count). The Bertz CT molecular complexity index is 1080. The molecule has 0 amide bonds. The van der Waals surface area contributed by atoms with Crippen molar-refractivity contribution < 1.29 is 13.9 Å². The van der Waals surface area contributed by atoms with Gasteiger partial charge in [0.25, 0.3) is 5.56 Å². The zero-order valence-electron chi connectivity index (χ0n) is 13.5.